The van der Waals surface area contributed by atoms with Crippen LogP contribution in [0.1, 0.15) is 13.3 Å². The summed E-state index contributed by atoms with van der Waals surface area (Å²) in [7, 11) is 0. The fraction of sp³-hybridized carbons (Fsp3) is 0.875. The Morgan fingerprint density at radius 2 is 2.27 bits per heavy atom. The number of alkyl halides is 3. The molecule has 0 aliphatic carbocycles. The van der Waals surface area contributed by atoms with Gasteiger partial charge in [-0.15, -0.1) is 0 Å². The Morgan fingerprint density at radius 3 is 2.73 bits per heavy atom. The number of hydrogen-bond donors (Lipinski definition) is 1. The van der Waals surface area contributed by atoms with Gasteiger partial charge in [0.25, 0.3) is 0 Å². The zero-order chi connectivity index (χ0) is 11.5. The van der Waals surface area contributed by atoms with Crippen LogP contribution in [0.15, 0.2) is 0 Å². The Labute approximate surface area is 84.7 Å². The lowest BCUT2D eigenvalue weighted by Crippen LogP contribution is -2.36. The number of halogens is 3. The van der Waals surface area contributed by atoms with Crippen LogP contribution in [-0.2, 0) is 14.4 Å². The Balaban J connectivity index is 2.24. The van der Waals surface area contributed by atoms with E-state index in [-0.39, 0.29) is 6.10 Å². The lowest BCUT2D eigenvalue weighted by Gasteiger charge is -2.14. The minimum Gasteiger partial charge on any atom is -0.378 e. The van der Waals surface area contributed by atoms with Gasteiger partial charge >= 0.3 is 6.18 Å². The first kappa shape index (κ1) is 12.3. The molecule has 7 heteroatoms. The van der Waals surface area contributed by atoms with Crippen molar-refractivity contribution in [2.24, 2.45) is 5.92 Å². The lowest BCUT2D eigenvalue weighted by atomic mass is 10.0. The molecule has 0 radical (unpaired) electrons. The van der Waals surface area contributed by atoms with Crippen LogP contribution in [0.2, 0.25) is 0 Å². The van der Waals surface area contributed by atoms with Crippen molar-refractivity contribution < 1.29 is 27.5 Å². The van der Waals surface area contributed by atoms with Gasteiger partial charge in [0.05, 0.1) is 12.0 Å². The molecule has 0 aromatic rings. The topological polar surface area (TPSA) is 47.6 Å². The van der Waals surface area contributed by atoms with Gasteiger partial charge in [-0.1, -0.05) is 0 Å². The number of hydrogen-bond acceptors (Lipinski definition) is 3. The third-order valence-electron chi connectivity index (χ3n) is 2.12. The van der Waals surface area contributed by atoms with Crippen LogP contribution in [0, 0.1) is 5.92 Å². The summed E-state index contributed by atoms with van der Waals surface area (Å²) in [6.45, 7) is 0.653. The molecule has 1 aliphatic rings. The van der Waals surface area contributed by atoms with Gasteiger partial charge in [0.1, 0.15) is 0 Å². The summed E-state index contributed by atoms with van der Waals surface area (Å²) in [6.07, 6.45) is -4.22. The second-order valence-corrected chi connectivity index (χ2v) is 3.34. The summed E-state index contributed by atoms with van der Waals surface area (Å²) in [6, 6.07) is 0. The van der Waals surface area contributed by atoms with Crippen molar-refractivity contribution >= 4 is 5.91 Å². The first-order valence-electron chi connectivity index (χ1n) is 4.50. The van der Waals surface area contributed by atoms with Crippen molar-refractivity contribution in [1.82, 2.24) is 5.48 Å². The second kappa shape index (κ2) is 4.80. The van der Waals surface area contributed by atoms with E-state index in [0.717, 1.165) is 0 Å². The van der Waals surface area contributed by atoms with Gasteiger partial charge in [0, 0.05) is 6.61 Å². The largest absolute Gasteiger partial charge is 0.414 e. The Bertz CT molecular complexity index is 232. The van der Waals surface area contributed by atoms with E-state index in [9.17, 15) is 18.0 Å². The Hall–Kier alpha value is -0.820. The number of hydroxylamine groups is 1. The minimum absolute atomic E-state index is 0.278. The molecule has 1 N–H and O–H groups in total. The summed E-state index contributed by atoms with van der Waals surface area (Å²) in [4.78, 5) is 15.3. The van der Waals surface area contributed by atoms with Crippen molar-refractivity contribution in [1.29, 1.82) is 0 Å². The molecule has 1 amide bonds. The van der Waals surface area contributed by atoms with E-state index in [2.05, 4.69) is 4.84 Å². The van der Waals surface area contributed by atoms with Gasteiger partial charge in [-0.05, 0) is 13.3 Å². The maximum atomic E-state index is 11.7. The van der Waals surface area contributed by atoms with Gasteiger partial charge < -0.3 is 4.74 Å². The van der Waals surface area contributed by atoms with Gasteiger partial charge in [0.15, 0.2) is 6.61 Å². The van der Waals surface area contributed by atoms with Crippen LogP contribution < -0.4 is 5.48 Å². The molecular formula is C8H12F3NO3. The third kappa shape index (κ3) is 4.05. The van der Waals surface area contributed by atoms with Crippen molar-refractivity contribution in [3.63, 3.8) is 0 Å². The van der Waals surface area contributed by atoms with Crippen LogP contribution in [0.3, 0.4) is 0 Å². The SMILES string of the molecule is CC1OCCC1C(=O)NOCC(F)(F)F. The van der Waals surface area contributed by atoms with E-state index >= 15 is 0 Å². The first-order chi connectivity index (χ1) is 6.90. The molecule has 1 fully saturated rings. The number of nitrogens with one attached hydrogen (secondary N) is 1. The molecule has 1 aliphatic heterocycles. The zero-order valence-electron chi connectivity index (χ0n) is 8.13. The molecule has 0 bridgehead atoms. The summed E-state index contributed by atoms with van der Waals surface area (Å²) < 4.78 is 40.1. The summed E-state index contributed by atoms with van der Waals surface area (Å²) in [5, 5.41) is 0. The summed E-state index contributed by atoms with van der Waals surface area (Å²) >= 11 is 0. The standard InChI is InChI=1S/C8H12F3NO3/c1-5-6(2-3-14-5)7(13)12-15-4-8(9,10)11/h5-6H,2-4H2,1H3,(H,12,13). The molecule has 2 atom stereocenters. The molecule has 1 saturated heterocycles. The predicted molar refractivity (Wildman–Crippen MR) is 43.7 cm³/mol. The fourth-order valence-electron chi connectivity index (χ4n) is 1.34. The number of ether oxygens (including phenoxy) is 1. The zero-order valence-corrected chi connectivity index (χ0v) is 8.13. The van der Waals surface area contributed by atoms with Gasteiger partial charge in [0.2, 0.25) is 5.91 Å². The number of rotatable bonds is 3. The summed E-state index contributed by atoms with van der Waals surface area (Å²) in [5.41, 5.74) is 1.77. The Morgan fingerprint density at radius 1 is 1.60 bits per heavy atom. The molecule has 2 unspecified atom stereocenters. The minimum atomic E-state index is -4.44. The number of carbonyl (C=O) groups excluding carboxylic acids is 1. The van der Waals surface area contributed by atoms with Crippen LogP contribution in [0.25, 0.3) is 0 Å². The van der Waals surface area contributed by atoms with E-state index < -0.39 is 24.6 Å². The first-order valence-corrected chi connectivity index (χ1v) is 4.50. The van der Waals surface area contributed by atoms with Crippen LogP contribution in [0.4, 0.5) is 13.2 Å². The fourth-order valence-corrected chi connectivity index (χ4v) is 1.34. The van der Waals surface area contributed by atoms with E-state index in [1.54, 1.807) is 12.4 Å². The number of amides is 1. The average molecular weight is 227 g/mol. The summed E-state index contributed by atoms with van der Waals surface area (Å²) in [5.74, 6) is -0.998. The normalized spacial score (nSPS) is 26.7. The molecular weight excluding hydrogens is 215 g/mol. The lowest BCUT2D eigenvalue weighted by molar-refractivity contribution is -0.193. The molecule has 0 spiro atoms. The van der Waals surface area contributed by atoms with Gasteiger partial charge in [-0.2, -0.15) is 13.2 Å². The maximum absolute atomic E-state index is 11.7. The van der Waals surface area contributed by atoms with E-state index in [4.69, 9.17) is 4.74 Å². The van der Waals surface area contributed by atoms with Gasteiger partial charge in [-0.3, -0.25) is 9.63 Å². The second-order valence-electron chi connectivity index (χ2n) is 3.34. The quantitative estimate of drug-likeness (QED) is 0.732. The molecule has 0 aromatic carbocycles. The van der Waals surface area contributed by atoms with Crippen molar-refractivity contribution in [3.05, 3.63) is 0 Å². The maximum Gasteiger partial charge on any atom is 0.414 e. The molecule has 1 heterocycles. The number of carbonyl (C=O) groups is 1. The van der Waals surface area contributed by atoms with E-state index in [1.807, 2.05) is 0 Å². The highest BCUT2D eigenvalue weighted by Gasteiger charge is 2.32. The molecule has 15 heavy (non-hydrogen) atoms. The van der Waals surface area contributed by atoms with Crippen LogP contribution >= 0.6 is 0 Å². The molecule has 0 saturated carbocycles. The van der Waals surface area contributed by atoms with Crippen LogP contribution in [0.5, 0.6) is 0 Å². The van der Waals surface area contributed by atoms with Crippen LogP contribution in [-0.4, -0.2) is 31.4 Å². The van der Waals surface area contributed by atoms with Crippen molar-refractivity contribution in [2.45, 2.75) is 25.6 Å². The predicted octanol–water partition coefficient (Wildman–Crippen LogP) is 1.02. The highest BCUT2D eigenvalue weighted by molar-refractivity contribution is 5.78. The molecule has 0 aromatic heterocycles. The molecule has 1 rings (SSSR count). The average Bonchev–Trinajstić information content (AvgIpc) is 2.48. The monoisotopic (exact) mass is 227 g/mol. The molecule has 88 valence electrons. The molecule has 4 nitrogen and oxygen atoms in total. The van der Waals surface area contributed by atoms with Crippen molar-refractivity contribution in [3.8, 4) is 0 Å². The van der Waals surface area contributed by atoms with E-state index in [1.165, 1.54) is 0 Å². The van der Waals surface area contributed by atoms with Gasteiger partial charge in [-0.25, -0.2) is 5.48 Å². The highest BCUT2D eigenvalue weighted by Crippen LogP contribution is 2.20. The Kier molecular flexibility index (Phi) is 3.92. The van der Waals surface area contributed by atoms with E-state index in [0.29, 0.717) is 13.0 Å². The van der Waals surface area contributed by atoms with Crippen molar-refractivity contribution in [2.75, 3.05) is 13.2 Å². The third-order valence-corrected chi connectivity index (χ3v) is 2.12. The highest BCUT2D eigenvalue weighted by atomic mass is 19.4. The smallest absolute Gasteiger partial charge is 0.378 e.